The van der Waals surface area contributed by atoms with Gasteiger partial charge < -0.3 is 9.64 Å². The van der Waals surface area contributed by atoms with Crippen LogP contribution >= 0.6 is 0 Å². The van der Waals surface area contributed by atoms with E-state index in [9.17, 15) is 17.2 Å². The van der Waals surface area contributed by atoms with E-state index in [1.807, 2.05) is 24.0 Å². The number of sulfone groups is 1. The van der Waals surface area contributed by atoms with E-state index in [1.54, 1.807) is 6.07 Å². The van der Waals surface area contributed by atoms with Gasteiger partial charge in [-0.3, -0.25) is 0 Å². The van der Waals surface area contributed by atoms with Gasteiger partial charge in [-0.15, -0.1) is 0 Å². The van der Waals surface area contributed by atoms with Gasteiger partial charge in [0.15, 0.2) is 27.4 Å². The maximum Gasteiger partial charge on any atom is 0.187 e. The first-order chi connectivity index (χ1) is 14.7. The van der Waals surface area contributed by atoms with Crippen LogP contribution in [0, 0.1) is 11.6 Å². The molecule has 0 N–H and O–H groups in total. The summed E-state index contributed by atoms with van der Waals surface area (Å²) in [6.45, 7) is 8.67. The third kappa shape index (κ3) is 4.47. The van der Waals surface area contributed by atoms with Crippen molar-refractivity contribution in [2.75, 3.05) is 11.4 Å². The van der Waals surface area contributed by atoms with E-state index in [1.165, 1.54) is 12.1 Å². The van der Waals surface area contributed by atoms with Crippen molar-refractivity contribution in [1.29, 1.82) is 0 Å². The summed E-state index contributed by atoms with van der Waals surface area (Å²) in [7, 11) is -3.70. The van der Waals surface area contributed by atoms with Crippen molar-refractivity contribution in [1.82, 2.24) is 0 Å². The highest BCUT2D eigenvalue weighted by molar-refractivity contribution is 7.89. The Kier molecular flexibility index (Phi) is 5.81. The molecule has 1 saturated carbocycles. The molecule has 31 heavy (non-hydrogen) atoms. The Morgan fingerprint density at radius 2 is 1.84 bits per heavy atom. The number of ether oxygens (including phenoxy) is 1. The summed E-state index contributed by atoms with van der Waals surface area (Å²) >= 11 is 0. The van der Waals surface area contributed by atoms with Crippen LogP contribution in [0.15, 0.2) is 42.8 Å². The lowest BCUT2D eigenvalue weighted by Gasteiger charge is -2.36. The predicted octanol–water partition coefficient (Wildman–Crippen LogP) is 5.74. The van der Waals surface area contributed by atoms with Gasteiger partial charge in [0.2, 0.25) is 0 Å². The van der Waals surface area contributed by atoms with Gasteiger partial charge in [0, 0.05) is 17.7 Å². The van der Waals surface area contributed by atoms with Crippen LogP contribution in [0.4, 0.5) is 14.5 Å². The second-order valence-corrected chi connectivity index (χ2v) is 10.5. The smallest absolute Gasteiger partial charge is 0.187 e. The SMILES string of the molecule is C=C1OC(C)c2cc(CS(=O)(=O)Cc3ccc(C4CC4)c(F)c3F)ccc2N1CCC. The molecule has 0 saturated heterocycles. The van der Waals surface area contributed by atoms with E-state index >= 15 is 0 Å². The number of hydrogen-bond acceptors (Lipinski definition) is 4. The summed E-state index contributed by atoms with van der Waals surface area (Å²) in [5.74, 6) is -2.12. The van der Waals surface area contributed by atoms with Gasteiger partial charge in [-0.05, 0) is 61.9 Å². The molecule has 0 aromatic heterocycles. The lowest BCUT2D eigenvalue weighted by atomic mass is 10.0. The standard InChI is InChI=1S/C24H27F2NO3S/c1-4-11-27-16(3)30-15(2)21-12-17(5-10-22(21)27)13-31(28,29)14-19-8-9-20(18-6-7-18)24(26)23(19)25/h5,8-10,12,15,18H,3-4,6-7,11,13-14H2,1-2H3. The molecule has 4 rings (SSSR count). The van der Waals surface area contributed by atoms with Gasteiger partial charge in [-0.25, -0.2) is 17.2 Å². The van der Waals surface area contributed by atoms with Crippen LogP contribution in [-0.2, 0) is 26.1 Å². The fraction of sp³-hybridized carbons (Fsp3) is 0.417. The molecule has 1 atom stereocenters. The summed E-state index contributed by atoms with van der Waals surface area (Å²) < 4.78 is 60.2. The molecule has 1 unspecified atom stereocenters. The van der Waals surface area contributed by atoms with Crippen LogP contribution < -0.4 is 4.90 Å². The van der Waals surface area contributed by atoms with Gasteiger partial charge in [0.05, 0.1) is 17.2 Å². The number of nitrogens with zero attached hydrogens (tertiary/aromatic N) is 1. The fourth-order valence-corrected chi connectivity index (χ4v) is 5.65. The highest BCUT2D eigenvalue weighted by Crippen LogP contribution is 2.42. The summed E-state index contributed by atoms with van der Waals surface area (Å²) in [5, 5.41) is 0. The predicted molar refractivity (Wildman–Crippen MR) is 117 cm³/mol. The summed E-state index contributed by atoms with van der Waals surface area (Å²) in [4.78, 5) is 1.98. The van der Waals surface area contributed by atoms with Gasteiger partial charge >= 0.3 is 0 Å². The Labute approximate surface area is 182 Å². The number of anilines is 1. The van der Waals surface area contributed by atoms with Crippen molar-refractivity contribution in [3.63, 3.8) is 0 Å². The summed E-state index contributed by atoms with van der Waals surface area (Å²) in [6, 6.07) is 8.39. The Morgan fingerprint density at radius 1 is 1.10 bits per heavy atom. The number of fused-ring (bicyclic) bond motifs is 1. The molecule has 7 heteroatoms. The minimum Gasteiger partial charge on any atom is -0.471 e. The zero-order chi connectivity index (χ0) is 22.3. The molecule has 0 amide bonds. The average Bonchev–Trinajstić information content (AvgIpc) is 3.54. The fourth-order valence-electron chi connectivity index (χ4n) is 4.17. The lowest BCUT2D eigenvalue weighted by molar-refractivity contribution is 0.118. The Morgan fingerprint density at radius 3 is 2.52 bits per heavy atom. The van der Waals surface area contributed by atoms with Gasteiger partial charge in [-0.1, -0.05) is 25.1 Å². The van der Waals surface area contributed by atoms with E-state index in [4.69, 9.17) is 4.74 Å². The first-order valence-electron chi connectivity index (χ1n) is 10.6. The number of hydrogen-bond donors (Lipinski definition) is 0. The topological polar surface area (TPSA) is 46.6 Å². The lowest BCUT2D eigenvalue weighted by Crippen LogP contribution is -2.30. The van der Waals surface area contributed by atoms with Crippen LogP contribution in [0.2, 0.25) is 0 Å². The van der Waals surface area contributed by atoms with Crippen LogP contribution in [0.25, 0.3) is 0 Å². The molecule has 1 aliphatic carbocycles. The number of benzene rings is 2. The summed E-state index contributed by atoms with van der Waals surface area (Å²) in [5.41, 5.74) is 2.66. The van der Waals surface area contributed by atoms with E-state index in [-0.39, 0.29) is 23.3 Å². The Hall–Kier alpha value is -2.41. The monoisotopic (exact) mass is 447 g/mol. The molecule has 1 heterocycles. The molecule has 0 radical (unpaired) electrons. The molecule has 2 aromatic carbocycles. The molecular weight excluding hydrogens is 420 g/mol. The summed E-state index contributed by atoms with van der Waals surface area (Å²) in [6.07, 6.45) is 2.35. The van der Waals surface area contributed by atoms with Crippen molar-refractivity contribution in [2.45, 2.75) is 56.6 Å². The van der Waals surface area contributed by atoms with Crippen molar-refractivity contribution < 1.29 is 21.9 Å². The largest absolute Gasteiger partial charge is 0.471 e. The molecule has 4 nitrogen and oxygen atoms in total. The average molecular weight is 448 g/mol. The van der Waals surface area contributed by atoms with Gasteiger partial charge in [-0.2, -0.15) is 0 Å². The molecule has 2 aromatic rings. The van der Waals surface area contributed by atoms with Crippen molar-refractivity contribution >= 4 is 15.5 Å². The van der Waals surface area contributed by atoms with Gasteiger partial charge in [0.25, 0.3) is 0 Å². The van der Waals surface area contributed by atoms with Gasteiger partial charge in [0.1, 0.15) is 6.10 Å². The normalized spacial score (nSPS) is 18.6. The zero-order valence-corrected chi connectivity index (χ0v) is 18.6. The molecule has 1 aliphatic heterocycles. The molecule has 166 valence electrons. The second kappa shape index (κ2) is 8.26. The number of halogens is 2. The maximum atomic E-state index is 14.5. The van der Waals surface area contributed by atoms with Crippen LogP contribution in [0.5, 0.6) is 0 Å². The van der Waals surface area contributed by atoms with Crippen LogP contribution in [0.3, 0.4) is 0 Å². The third-order valence-corrected chi connectivity index (χ3v) is 7.38. The second-order valence-electron chi connectivity index (χ2n) is 8.45. The minimum absolute atomic E-state index is 0.0585. The third-order valence-electron chi connectivity index (χ3n) is 5.85. The van der Waals surface area contributed by atoms with Crippen molar-refractivity contribution in [2.24, 2.45) is 0 Å². The van der Waals surface area contributed by atoms with E-state index in [0.717, 1.165) is 37.1 Å². The van der Waals surface area contributed by atoms with E-state index in [2.05, 4.69) is 13.5 Å². The van der Waals surface area contributed by atoms with Crippen LogP contribution in [0.1, 0.15) is 67.4 Å². The minimum atomic E-state index is -3.70. The highest BCUT2D eigenvalue weighted by atomic mass is 32.2. The first kappa shape index (κ1) is 21.8. The Balaban J connectivity index is 1.56. The number of rotatable bonds is 7. The molecule has 0 spiro atoms. The first-order valence-corrected chi connectivity index (χ1v) is 12.5. The van der Waals surface area contributed by atoms with E-state index in [0.29, 0.717) is 17.0 Å². The van der Waals surface area contributed by atoms with Crippen LogP contribution in [-0.4, -0.2) is 15.0 Å². The van der Waals surface area contributed by atoms with Crippen molar-refractivity contribution in [3.8, 4) is 0 Å². The maximum absolute atomic E-state index is 14.5. The quantitative estimate of drug-likeness (QED) is 0.543. The molecule has 1 fully saturated rings. The Bertz CT molecular complexity index is 1130. The highest BCUT2D eigenvalue weighted by Gasteiger charge is 2.30. The molecular formula is C24H27F2NO3S. The zero-order valence-electron chi connectivity index (χ0n) is 17.8. The molecule has 2 aliphatic rings. The van der Waals surface area contributed by atoms with E-state index < -0.39 is 27.2 Å². The molecule has 0 bridgehead atoms. The van der Waals surface area contributed by atoms with Crippen molar-refractivity contribution in [3.05, 3.63) is 76.7 Å².